The van der Waals surface area contributed by atoms with Crippen LogP contribution in [0.15, 0.2) is 108 Å². The van der Waals surface area contributed by atoms with Crippen molar-refractivity contribution < 1.29 is 4.73 Å². The van der Waals surface area contributed by atoms with Crippen molar-refractivity contribution in [2.24, 2.45) is 5.41 Å². The molecule has 1 spiro atoms. The lowest BCUT2D eigenvalue weighted by molar-refractivity contribution is -0.605. The van der Waals surface area contributed by atoms with Gasteiger partial charge in [0.25, 0.3) is 0 Å². The molecule has 4 aliphatic rings. The van der Waals surface area contributed by atoms with E-state index in [1.54, 1.807) is 18.0 Å². The van der Waals surface area contributed by atoms with E-state index in [1.165, 1.54) is 22.3 Å². The van der Waals surface area contributed by atoms with Gasteiger partial charge in [0.15, 0.2) is 12.4 Å². The van der Waals surface area contributed by atoms with Gasteiger partial charge in [-0.3, -0.25) is 4.90 Å². The number of hydrogen-bond acceptors (Lipinski definition) is 2. The third-order valence-electron chi connectivity index (χ3n) is 6.55. The van der Waals surface area contributed by atoms with Crippen molar-refractivity contribution in [1.29, 1.82) is 0 Å². The maximum Gasteiger partial charge on any atom is 0.180 e. The molecule has 3 heteroatoms. The Labute approximate surface area is 172 Å². The van der Waals surface area contributed by atoms with E-state index in [0.717, 1.165) is 43.6 Å². The molecule has 0 aromatic carbocycles. The fraction of sp³-hybridized carbons (Fsp3) is 0.269. The minimum atomic E-state index is -0.00971. The van der Waals surface area contributed by atoms with Gasteiger partial charge in [-0.05, 0) is 41.5 Å². The zero-order valence-electron chi connectivity index (χ0n) is 16.6. The highest BCUT2D eigenvalue weighted by atomic mass is 16.5. The van der Waals surface area contributed by atoms with Crippen molar-refractivity contribution in [3.63, 3.8) is 0 Å². The third-order valence-corrected chi connectivity index (χ3v) is 6.55. The summed E-state index contributed by atoms with van der Waals surface area (Å²) in [5, 5.41) is 11.2. The first-order valence-corrected chi connectivity index (χ1v) is 10.5. The first-order valence-electron chi connectivity index (χ1n) is 10.5. The van der Waals surface area contributed by atoms with Gasteiger partial charge in [-0.2, -0.15) is 4.73 Å². The summed E-state index contributed by atoms with van der Waals surface area (Å²) in [7, 11) is 0. The van der Waals surface area contributed by atoms with Gasteiger partial charge in [-0.25, -0.2) is 0 Å². The summed E-state index contributed by atoms with van der Waals surface area (Å²) < 4.78 is 0.847. The summed E-state index contributed by atoms with van der Waals surface area (Å²) in [6, 6.07) is 3.85. The Balaban J connectivity index is 1.38. The van der Waals surface area contributed by atoms with Gasteiger partial charge < -0.3 is 5.21 Å². The van der Waals surface area contributed by atoms with Crippen LogP contribution >= 0.6 is 0 Å². The first kappa shape index (κ1) is 18.1. The van der Waals surface area contributed by atoms with Crippen molar-refractivity contribution in [1.82, 2.24) is 4.90 Å². The molecule has 146 valence electrons. The van der Waals surface area contributed by atoms with Crippen LogP contribution < -0.4 is 4.73 Å². The molecule has 1 fully saturated rings. The van der Waals surface area contributed by atoms with E-state index in [2.05, 4.69) is 65.7 Å². The maximum absolute atomic E-state index is 11.2. The number of allylic oxidation sites excluding steroid dienone is 13. The van der Waals surface area contributed by atoms with E-state index in [4.69, 9.17) is 0 Å². The number of rotatable bonds is 2. The number of hydrogen-bond donors (Lipinski definition) is 0. The molecule has 0 N–H and O–H groups in total. The maximum atomic E-state index is 11.2. The van der Waals surface area contributed by atoms with Crippen LogP contribution in [0.1, 0.15) is 24.8 Å². The van der Waals surface area contributed by atoms with Gasteiger partial charge in [0.2, 0.25) is 0 Å². The van der Waals surface area contributed by atoms with Gasteiger partial charge in [0, 0.05) is 37.2 Å². The molecule has 29 heavy (non-hydrogen) atoms. The predicted molar refractivity (Wildman–Crippen MR) is 117 cm³/mol. The lowest BCUT2D eigenvalue weighted by Crippen LogP contribution is -2.32. The Morgan fingerprint density at radius 2 is 1.79 bits per heavy atom. The minimum absolute atomic E-state index is 0.00971. The van der Waals surface area contributed by atoms with Crippen LogP contribution in [-0.2, 0) is 6.54 Å². The molecule has 2 heterocycles. The van der Waals surface area contributed by atoms with E-state index >= 15 is 0 Å². The third kappa shape index (κ3) is 3.36. The lowest BCUT2D eigenvalue weighted by Gasteiger charge is -2.38. The second-order valence-corrected chi connectivity index (χ2v) is 8.24. The van der Waals surface area contributed by atoms with Gasteiger partial charge >= 0.3 is 0 Å². The molecule has 0 radical (unpaired) electrons. The molecule has 1 aliphatic heterocycles. The number of nitrogens with zero attached hydrogens (tertiary/aromatic N) is 2. The molecule has 3 aliphatic carbocycles. The molecule has 1 unspecified atom stereocenters. The highest BCUT2D eigenvalue weighted by molar-refractivity contribution is 5.62. The second kappa shape index (κ2) is 7.49. The van der Waals surface area contributed by atoms with E-state index in [0.29, 0.717) is 0 Å². The molecule has 3 nitrogen and oxygen atoms in total. The fourth-order valence-electron chi connectivity index (χ4n) is 4.97. The van der Waals surface area contributed by atoms with Crippen LogP contribution in [0.5, 0.6) is 0 Å². The van der Waals surface area contributed by atoms with Crippen molar-refractivity contribution in [3.05, 3.63) is 118 Å². The summed E-state index contributed by atoms with van der Waals surface area (Å²) in [4.78, 5) is 2.49. The molecule has 0 saturated carbocycles. The van der Waals surface area contributed by atoms with Gasteiger partial charge in [-0.15, -0.1) is 0 Å². The van der Waals surface area contributed by atoms with Crippen LogP contribution in [0.2, 0.25) is 0 Å². The Morgan fingerprint density at radius 1 is 0.966 bits per heavy atom. The van der Waals surface area contributed by atoms with Crippen molar-refractivity contribution >= 4 is 0 Å². The minimum Gasteiger partial charge on any atom is -0.619 e. The lowest BCUT2D eigenvalue weighted by atomic mass is 9.65. The fourth-order valence-corrected chi connectivity index (χ4v) is 4.97. The van der Waals surface area contributed by atoms with Crippen LogP contribution in [0.3, 0.4) is 0 Å². The summed E-state index contributed by atoms with van der Waals surface area (Å²) in [6.45, 7) is 3.03. The zero-order valence-corrected chi connectivity index (χ0v) is 16.6. The van der Waals surface area contributed by atoms with E-state index in [-0.39, 0.29) is 5.41 Å². The Bertz CT molecular complexity index is 1010. The van der Waals surface area contributed by atoms with Crippen LogP contribution in [-0.4, -0.2) is 18.0 Å². The number of piperidine rings is 1. The largest absolute Gasteiger partial charge is 0.619 e. The predicted octanol–water partition coefficient (Wildman–Crippen LogP) is 4.71. The number of aromatic nitrogens is 1. The summed E-state index contributed by atoms with van der Waals surface area (Å²) in [6.07, 6.45) is 29.1. The normalized spacial score (nSPS) is 25.9. The Morgan fingerprint density at radius 3 is 2.62 bits per heavy atom. The summed E-state index contributed by atoms with van der Waals surface area (Å²) in [5.41, 5.74) is 7.04. The number of likely N-dealkylation sites (tertiary alicyclic amines) is 1. The molecule has 1 saturated heterocycles. The average Bonchev–Trinajstić information content (AvgIpc) is 2.93. The smallest absolute Gasteiger partial charge is 0.180 e. The monoisotopic (exact) mass is 382 g/mol. The quantitative estimate of drug-likeness (QED) is 0.548. The summed E-state index contributed by atoms with van der Waals surface area (Å²) in [5.74, 6) is 0. The summed E-state index contributed by atoms with van der Waals surface area (Å²) >= 11 is 0. The van der Waals surface area contributed by atoms with E-state index in [1.807, 2.05) is 12.1 Å². The van der Waals surface area contributed by atoms with Crippen molar-refractivity contribution in [3.8, 4) is 0 Å². The van der Waals surface area contributed by atoms with Crippen molar-refractivity contribution in [2.45, 2.75) is 25.8 Å². The molecule has 5 rings (SSSR count). The number of pyridine rings is 1. The standard InChI is InChI=1S/C26H26N2O/c29-28-18-10-21(11-19-28)20-27-16-12-22(13-17-27)24-8-5-7-23-6-1-3-14-26(23)15-4-2-9-25(24)26/h1-11,14,18-19H,12-13,15-17,20H2. The molecular weight excluding hydrogens is 356 g/mol. The highest BCUT2D eigenvalue weighted by Crippen LogP contribution is 2.50. The highest BCUT2D eigenvalue weighted by Gasteiger charge is 2.38. The molecule has 1 aromatic heterocycles. The molecule has 1 aromatic rings. The molecule has 0 bridgehead atoms. The first-order chi connectivity index (χ1) is 14.2. The van der Waals surface area contributed by atoms with Crippen LogP contribution in [0.25, 0.3) is 0 Å². The van der Waals surface area contributed by atoms with Gasteiger partial charge in [-0.1, -0.05) is 66.3 Å². The Hall–Kier alpha value is -2.91. The zero-order chi connectivity index (χ0) is 19.7. The topological polar surface area (TPSA) is 30.2 Å². The van der Waals surface area contributed by atoms with E-state index < -0.39 is 0 Å². The molecule has 1 atom stereocenters. The van der Waals surface area contributed by atoms with Crippen LogP contribution in [0, 0.1) is 10.6 Å². The van der Waals surface area contributed by atoms with Gasteiger partial charge in [0.05, 0.1) is 0 Å². The van der Waals surface area contributed by atoms with Crippen LogP contribution in [0.4, 0.5) is 0 Å². The average molecular weight is 383 g/mol. The van der Waals surface area contributed by atoms with Crippen molar-refractivity contribution in [2.75, 3.05) is 13.1 Å². The molecule has 0 amide bonds. The SMILES string of the molecule is [O-][n+]1ccc(CN2CCC(=C3C=CC=C4C=CC=CC45CC=CC=C35)CC2)cc1. The van der Waals surface area contributed by atoms with E-state index in [9.17, 15) is 5.21 Å². The second-order valence-electron chi connectivity index (χ2n) is 8.24. The molecular formula is C26H26N2O. The van der Waals surface area contributed by atoms with Gasteiger partial charge in [0.1, 0.15) is 0 Å². The Kier molecular flexibility index (Phi) is 4.69.